The van der Waals surface area contributed by atoms with Gasteiger partial charge in [0.25, 0.3) is 11.8 Å². The largest absolute Gasteiger partial charge is 0.393 e. The predicted octanol–water partition coefficient (Wildman–Crippen LogP) is 1.45. The summed E-state index contributed by atoms with van der Waals surface area (Å²) in [4.78, 5) is 22.1. The van der Waals surface area contributed by atoms with E-state index < -0.39 is 41.7 Å². The van der Waals surface area contributed by atoms with E-state index in [1.54, 1.807) is 0 Å². The molecule has 0 bridgehead atoms. The van der Waals surface area contributed by atoms with Gasteiger partial charge in [0.2, 0.25) is 0 Å². The maximum absolute atomic E-state index is 13.4. The average Bonchev–Trinajstić information content (AvgIpc) is 3.23. The molecular weight excluding hydrogens is 306 g/mol. The van der Waals surface area contributed by atoms with Gasteiger partial charge in [0, 0.05) is 12.1 Å². The maximum atomic E-state index is 13.4. The van der Waals surface area contributed by atoms with Gasteiger partial charge in [0.15, 0.2) is 0 Å². The quantitative estimate of drug-likeness (QED) is 0.728. The van der Waals surface area contributed by atoms with Crippen molar-refractivity contribution >= 4 is 11.8 Å². The topological polar surface area (TPSA) is 58.2 Å². The van der Waals surface area contributed by atoms with Crippen molar-refractivity contribution in [1.82, 2.24) is 10.6 Å². The van der Waals surface area contributed by atoms with Gasteiger partial charge in [-0.05, 0) is 25.7 Å². The highest BCUT2D eigenvalue weighted by molar-refractivity contribution is 5.90. The number of amides is 2. The summed E-state index contributed by atoms with van der Waals surface area (Å²) in [5.74, 6) is -22.5. The molecule has 2 N–H and O–H groups in total. The third-order valence-electron chi connectivity index (χ3n) is 3.18. The smallest absolute Gasteiger partial charge is 0.348 e. The molecule has 0 radical (unpaired) electrons. The van der Waals surface area contributed by atoms with E-state index >= 15 is 0 Å². The van der Waals surface area contributed by atoms with Gasteiger partial charge in [0.1, 0.15) is 0 Å². The fourth-order valence-corrected chi connectivity index (χ4v) is 1.49. The van der Waals surface area contributed by atoms with Crippen molar-refractivity contribution in [3.05, 3.63) is 0 Å². The Kier molecular flexibility index (Phi) is 3.61. The molecule has 0 atom stereocenters. The van der Waals surface area contributed by atoms with Crippen molar-refractivity contribution in [1.29, 1.82) is 0 Å². The van der Waals surface area contributed by atoms with Crippen LogP contribution in [0.15, 0.2) is 0 Å². The van der Waals surface area contributed by atoms with Gasteiger partial charge in [-0.15, -0.1) is 0 Å². The fourth-order valence-electron chi connectivity index (χ4n) is 1.49. The van der Waals surface area contributed by atoms with E-state index in [-0.39, 0.29) is 0 Å². The van der Waals surface area contributed by atoms with E-state index in [9.17, 15) is 35.9 Å². The molecule has 0 aromatic rings. The van der Waals surface area contributed by atoms with Crippen molar-refractivity contribution in [2.75, 3.05) is 0 Å². The van der Waals surface area contributed by atoms with Crippen molar-refractivity contribution < 1.29 is 35.9 Å². The van der Waals surface area contributed by atoms with Crippen molar-refractivity contribution in [3.63, 3.8) is 0 Å². The van der Waals surface area contributed by atoms with Gasteiger partial charge in [0.05, 0.1) is 0 Å². The number of hydrogen-bond acceptors (Lipinski definition) is 2. The highest BCUT2D eigenvalue weighted by Crippen LogP contribution is 2.46. The number of carbonyl (C=O) groups excluding carboxylic acids is 2. The van der Waals surface area contributed by atoms with E-state index in [2.05, 4.69) is 0 Å². The van der Waals surface area contributed by atoms with Crippen LogP contribution in [0.1, 0.15) is 25.7 Å². The minimum Gasteiger partial charge on any atom is -0.348 e. The molecule has 2 amide bonds. The van der Waals surface area contributed by atoms with Crippen LogP contribution in [0, 0.1) is 0 Å². The summed E-state index contributed by atoms with van der Waals surface area (Å²) in [6, 6.07) is -1.43. The molecule has 0 saturated heterocycles. The lowest BCUT2D eigenvalue weighted by Crippen LogP contribution is -2.65. The summed E-state index contributed by atoms with van der Waals surface area (Å²) in [6.45, 7) is 0. The van der Waals surface area contributed by atoms with Crippen LogP contribution in [0.3, 0.4) is 0 Å². The molecule has 0 heterocycles. The molecule has 2 aliphatic carbocycles. The van der Waals surface area contributed by atoms with Crippen LogP contribution in [-0.4, -0.2) is 41.7 Å². The second-order valence-corrected chi connectivity index (χ2v) is 5.22. The van der Waals surface area contributed by atoms with E-state index in [4.69, 9.17) is 0 Å². The van der Waals surface area contributed by atoms with Crippen LogP contribution >= 0.6 is 0 Å². The molecule has 0 aromatic carbocycles. The van der Waals surface area contributed by atoms with E-state index in [0.717, 1.165) is 0 Å². The summed E-state index contributed by atoms with van der Waals surface area (Å²) < 4.78 is 80.3. The first kappa shape index (κ1) is 15.9. The molecule has 0 aliphatic heterocycles. The van der Waals surface area contributed by atoms with Crippen molar-refractivity contribution in [2.24, 2.45) is 0 Å². The monoisotopic (exact) mass is 318 g/mol. The summed E-state index contributed by atoms with van der Waals surface area (Å²) in [7, 11) is 0. The third-order valence-corrected chi connectivity index (χ3v) is 3.18. The summed E-state index contributed by atoms with van der Waals surface area (Å²) in [5.41, 5.74) is 0. The second kappa shape index (κ2) is 4.77. The SMILES string of the molecule is O=C(NC1CC1)C(F)(F)C(F)(F)C(F)(F)C(=O)NC1CC1. The minimum absolute atomic E-state index is 0.311. The molecule has 2 fully saturated rings. The Morgan fingerprint density at radius 2 is 1.00 bits per heavy atom. The first-order valence-corrected chi connectivity index (χ1v) is 6.25. The molecular formula is C11H12F6N2O2. The first-order valence-electron chi connectivity index (χ1n) is 6.25. The molecule has 0 aromatic heterocycles. The fraction of sp³-hybridized carbons (Fsp3) is 0.818. The van der Waals surface area contributed by atoms with E-state index in [1.807, 2.05) is 0 Å². The van der Waals surface area contributed by atoms with Crippen molar-refractivity contribution in [3.8, 4) is 0 Å². The standard InChI is InChI=1S/C11H12F6N2O2/c12-9(13,7(20)18-5-1-2-5)11(16,17)10(14,15)8(21)19-6-3-4-6/h5-6H,1-4H2,(H,18,20)(H,19,21). The molecule has 120 valence electrons. The molecule has 2 saturated carbocycles. The normalized spacial score (nSPS) is 20.1. The Balaban J connectivity index is 2.15. The lowest BCUT2D eigenvalue weighted by Gasteiger charge is -2.30. The third kappa shape index (κ3) is 2.80. The number of carbonyl (C=O) groups is 2. The Morgan fingerprint density at radius 3 is 1.24 bits per heavy atom. The number of halogens is 6. The molecule has 4 nitrogen and oxygen atoms in total. The second-order valence-electron chi connectivity index (χ2n) is 5.22. The highest BCUT2D eigenvalue weighted by Gasteiger charge is 2.78. The van der Waals surface area contributed by atoms with E-state index in [1.165, 1.54) is 10.6 Å². The zero-order valence-electron chi connectivity index (χ0n) is 10.6. The first-order chi connectivity index (χ1) is 9.50. The minimum atomic E-state index is -6.13. The Bertz CT molecular complexity index is 420. The Hall–Kier alpha value is -1.48. The maximum Gasteiger partial charge on any atom is 0.393 e. The van der Waals surface area contributed by atoms with Crippen LogP contribution in [0.25, 0.3) is 0 Å². The van der Waals surface area contributed by atoms with Crippen LogP contribution in [0.5, 0.6) is 0 Å². The Labute approximate surface area is 115 Å². The molecule has 21 heavy (non-hydrogen) atoms. The number of rotatable bonds is 6. The molecule has 2 rings (SSSR count). The van der Waals surface area contributed by atoms with Crippen LogP contribution in [-0.2, 0) is 9.59 Å². The predicted molar refractivity (Wildman–Crippen MR) is 57.2 cm³/mol. The molecule has 10 heteroatoms. The van der Waals surface area contributed by atoms with Crippen LogP contribution in [0.4, 0.5) is 26.3 Å². The number of alkyl halides is 6. The lowest BCUT2D eigenvalue weighted by atomic mass is 10.0. The van der Waals surface area contributed by atoms with Crippen LogP contribution in [0.2, 0.25) is 0 Å². The van der Waals surface area contributed by atoms with Gasteiger partial charge >= 0.3 is 17.8 Å². The van der Waals surface area contributed by atoms with Gasteiger partial charge in [-0.2, -0.15) is 26.3 Å². The van der Waals surface area contributed by atoms with Gasteiger partial charge in [-0.1, -0.05) is 0 Å². The number of hydrogen-bond donors (Lipinski definition) is 2. The summed E-state index contributed by atoms with van der Waals surface area (Å²) in [6.07, 6.45) is 1.25. The van der Waals surface area contributed by atoms with E-state index in [0.29, 0.717) is 25.7 Å². The summed E-state index contributed by atoms with van der Waals surface area (Å²) >= 11 is 0. The van der Waals surface area contributed by atoms with Crippen LogP contribution < -0.4 is 10.6 Å². The molecule has 0 spiro atoms. The number of nitrogens with one attached hydrogen (secondary N) is 2. The molecule has 2 aliphatic rings. The van der Waals surface area contributed by atoms with Gasteiger partial charge < -0.3 is 10.6 Å². The summed E-state index contributed by atoms with van der Waals surface area (Å²) in [5, 5.41) is 3.06. The molecule has 0 unspecified atom stereocenters. The lowest BCUT2D eigenvalue weighted by molar-refractivity contribution is -0.287. The van der Waals surface area contributed by atoms with Gasteiger partial charge in [-0.25, -0.2) is 0 Å². The zero-order valence-corrected chi connectivity index (χ0v) is 10.6. The Morgan fingerprint density at radius 1 is 0.714 bits per heavy atom. The highest BCUT2D eigenvalue weighted by atomic mass is 19.3. The van der Waals surface area contributed by atoms with Crippen molar-refractivity contribution in [2.45, 2.75) is 55.5 Å². The van der Waals surface area contributed by atoms with Gasteiger partial charge in [-0.3, -0.25) is 9.59 Å². The average molecular weight is 318 g/mol. The zero-order chi connectivity index (χ0) is 16.1.